The van der Waals surface area contributed by atoms with Crippen LogP contribution in [0.1, 0.15) is 44.1 Å². The molecular weight excluding hydrogens is 184 g/mol. The van der Waals surface area contributed by atoms with E-state index in [1.807, 2.05) is 6.07 Å². The number of hydrogen-bond acceptors (Lipinski definition) is 1. The third-order valence-electron chi connectivity index (χ3n) is 3.75. The topological polar surface area (TPSA) is 20.2 Å². The maximum atomic E-state index is 10.0. The van der Waals surface area contributed by atoms with Gasteiger partial charge in [0.25, 0.3) is 0 Å². The summed E-state index contributed by atoms with van der Waals surface area (Å²) in [5, 5.41) is 10.0. The maximum Gasteiger partial charge on any atom is 0.0574 e. The van der Waals surface area contributed by atoms with Crippen molar-refractivity contribution >= 4 is 0 Å². The molecule has 0 aliphatic heterocycles. The number of aliphatic hydroxyl groups is 1. The minimum Gasteiger partial charge on any atom is -0.393 e. The van der Waals surface area contributed by atoms with Crippen molar-refractivity contribution in [2.45, 2.75) is 44.6 Å². The molecule has 1 aromatic carbocycles. The minimum absolute atomic E-state index is 0.0889. The second kappa shape index (κ2) is 4.80. The Morgan fingerprint density at radius 2 is 1.80 bits per heavy atom. The quantitative estimate of drug-likeness (QED) is 0.783. The van der Waals surface area contributed by atoms with Crippen molar-refractivity contribution < 1.29 is 5.11 Å². The lowest BCUT2D eigenvalue weighted by atomic mass is 9.76. The normalized spacial score (nSPS) is 28.7. The Kier molecular flexibility index (Phi) is 3.42. The summed E-state index contributed by atoms with van der Waals surface area (Å²) in [5.41, 5.74) is 1.36. The first-order chi connectivity index (χ1) is 7.29. The summed E-state index contributed by atoms with van der Waals surface area (Å²) in [4.78, 5) is 0. The smallest absolute Gasteiger partial charge is 0.0574 e. The lowest BCUT2D eigenvalue weighted by Crippen LogP contribution is -2.28. The van der Waals surface area contributed by atoms with E-state index >= 15 is 0 Å². The van der Waals surface area contributed by atoms with Gasteiger partial charge in [-0.05, 0) is 30.2 Å². The minimum atomic E-state index is -0.0889. The van der Waals surface area contributed by atoms with Gasteiger partial charge in [0.2, 0.25) is 0 Å². The van der Waals surface area contributed by atoms with Crippen LogP contribution in [0, 0.1) is 5.92 Å². The molecule has 3 atom stereocenters. The summed E-state index contributed by atoms with van der Waals surface area (Å²) in [6, 6.07) is 10.6. The van der Waals surface area contributed by atoms with Crippen molar-refractivity contribution in [1.29, 1.82) is 0 Å². The first-order valence-electron chi connectivity index (χ1n) is 6.02. The Balaban J connectivity index is 2.09. The zero-order valence-corrected chi connectivity index (χ0v) is 9.39. The van der Waals surface area contributed by atoms with E-state index in [4.69, 9.17) is 0 Å². The molecule has 0 heterocycles. The third-order valence-corrected chi connectivity index (χ3v) is 3.75. The molecule has 15 heavy (non-hydrogen) atoms. The van der Waals surface area contributed by atoms with Crippen LogP contribution in [0.3, 0.4) is 0 Å². The van der Waals surface area contributed by atoms with E-state index in [0.29, 0.717) is 11.8 Å². The van der Waals surface area contributed by atoms with E-state index in [9.17, 15) is 5.11 Å². The van der Waals surface area contributed by atoms with Crippen LogP contribution >= 0.6 is 0 Å². The Morgan fingerprint density at radius 3 is 2.47 bits per heavy atom. The Morgan fingerprint density at radius 1 is 1.13 bits per heavy atom. The van der Waals surface area contributed by atoms with E-state index in [0.717, 1.165) is 6.42 Å². The molecule has 0 radical (unpaired) electrons. The third kappa shape index (κ3) is 2.40. The van der Waals surface area contributed by atoms with E-state index in [1.165, 1.54) is 24.8 Å². The fourth-order valence-corrected chi connectivity index (χ4v) is 2.73. The summed E-state index contributed by atoms with van der Waals surface area (Å²) in [5.74, 6) is 0.947. The molecule has 1 nitrogen and oxygen atoms in total. The monoisotopic (exact) mass is 204 g/mol. The summed E-state index contributed by atoms with van der Waals surface area (Å²) in [7, 11) is 0. The number of hydrogen-bond donors (Lipinski definition) is 1. The first kappa shape index (κ1) is 10.7. The molecule has 0 saturated heterocycles. The van der Waals surface area contributed by atoms with Crippen LogP contribution in [0.2, 0.25) is 0 Å². The van der Waals surface area contributed by atoms with Crippen molar-refractivity contribution in [2.75, 3.05) is 0 Å². The van der Waals surface area contributed by atoms with Gasteiger partial charge < -0.3 is 5.11 Å². The van der Waals surface area contributed by atoms with Gasteiger partial charge in [0.05, 0.1) is 6.10 Å². The second-order valence-electron chi connectivity index (χ2n) is 4.72. The van der Waals surface area contributed by atoms with Crippen LogP contribution in [-0.4, -0.2) is 11.2 Å². The van der Waals surface area contributed by atoms with Crippen LogP contribution in [-0.2, 0) is 0 Å². The molecule has 1 saturated carbocycles. The molecule has 1 N–H and O–H groups in total. The van der Waals surface area contributed by atoms with Crippen LogP contribution in [0.5, 0.6) is 0 Å². The van der Waals surface area contributed by atoms with Gasteiger partial charge in [0.15, 0.2) is 0 Å². The average Bonchev–Trinajstić information content (AvgIpc) is 2.30. The highest BCUT2D eigenvalue weighted by Gasteiger charge is 2.28. The number of aliphatic hydroxyl groups excluding tert-OH is 1. The fourth-order valence-electron chi connectivity index (χ4n) is 2.73. The lowest BCUT2D eigenvalue weighted by Gasteiger charge is -2.32. The van der Waals surface area contributed by atoms with E-state index in [-0.39, 0.29) is 6.10 Å². The van der Waals surface area contributed by atoms with Crippen molar-refractivity contribution in [3.05, 3.63) is 35.9 Å². The van der Waals surface area contributed by atoms with E-state index in [2.05, 4.69) is 31.2 Å². The summed E-state index contributed by atoms with van der Waals surface area (Å²) >= 11 is 0. The van der Waals surface area contributed by atoms with Gasteiger partial charge in [-0.2, -0.15) is 0 Å². The first-order valence-corrected chi connectivity index (χ1v) is 6.02. The number of rotatable bonds is 2. The highest BCUT2D eigenvalue weighted by molar-refractivity contribution is 5.20. The van der Waals surface area contributed by atoms with Gasteiger partial charge in [-0.1, -0.05) is 50.1 Å². The predicted octanol–water partition coefficient (Wildman–Crippen LogP) is 3.34. The zero-order chi connectivity index (χ0) is 10.7. The van der Waals surface area contributed by atoms with Gasteiger partial charge in [-0.15, -0.1) is 0 Å². The average molecular weight is 204 g/mol. The second-order valence-corrected chi connectivity index (χ2v) is 4.72. The highest BCUT2D eigenvalue weighted by Crippen LogP contribution is 2.35. The van der Waals surface area contributed by atoms with Crippen LogP contribution in [0.25, 0.3) is 0 Å². The molecule has 1 aliphatic rings. The zero-order valence-electron chi connectivity index (χ0n) is 9.39. The van der Waals surface area contributed by atoms with Gasteiger partial charge in [-0.3, -0.25) is 0 Å². The molecule has 0 amide bonds. The maximum absolute atomic E-state index is 10.0. The Bertz CT molecular complexity index is 293. The van der Waals surface area contributed by atoms with Crippen LogP contribution in [0.4, 0.5) is 0 Å². The SMILES string of the molecule is CC(c1ccccc1)[C@H]1CCCC[C@@H]1O. The summed E-state index contributed by atoms with van der Waals surface area (Å²) in [6.45, 7) is 2.24. The highest BCUT2D eigenvalue weighted by atomic mass is 16.3. The largest absolute Gasteiger partial charge is 0.393 e. The van der Waals surface area contributed by atoms with Gasteiger partial charge in [-0.25, -0.2) is 0 Å². The molecule has 82 valence electrons. The molecule has 0 bridgehead atoms. The summed E-state index contributed by atoms with van der Waals surface area (Å²) < 4.78 is 0. The van der Waals surface area contributed by atoms with E-state index in [1.54, 1.807) is 0 Å². The Labute approximate surface area is 92.1 Å². The summed E-state index contributed by atoms with van der Waals surface area (Å²) in [6.07, 6.45) is 4.55. The van der Waals surface area contributed by atoms with Gasteiger partial charge in [0.1, 0.15) is 0 Å². The van der Waals surface area contributed by atoms with Gasteiger partial charge >= 0.3 is 0 Å². The van der Waals surface area contributed by atoms with Crippen LogP contribution in [0.15, 0.2) is 30.3 Å². The molecule has 1 unspecified atom stereocenters. The van der Waals surface area contributed by atoms with Crippen LogP contribution < -0.4 is 0 Å². The van der Waals surface area contributed by atoms with Gasteiger partial charge in [0, 0.05) is 0 Å². The Hall–Kier alpha value is -0.820. The van der Waals surface area contributed by atoms with Crippen molar-refractivity contribution in [3.8, 4) is 0 Å². The molecular formula is C14H20O. The molecule has 0 spiro atoms. The number of benzene rings is 1. The van der Waals surface area contributed by atoms with Crippen molar-refractivity contribution in [3.63, 3.8) is 0 Å². The molecule has 1 aliphatic carbocycles. The fraction of sp³-hybridized carbons (Fsp3) is 0.571. The predicted molar refractivity (Wildman–Crippen MR) is 62.8 cm³/mol. The molecule has 0 aromatic heterocycles. The van der Waals surface area contributed by atoms with Crippen molar-refractivity contribution in [2.24, 2.45) is 5.92 Å². The molecule has 1 aromatic rings. The standard InChI is InChI=1S/C14H20O/c1-11(12-7-3-2-4-8-12)13-9-5-6-10-14(13)15/h2-4,7-8,11,13-15H,5-6,9-10H2,1H3/t11?,13-,14+/m1/s1. The lowest BCUT2D eigenvalue weighted by molar-refractivity contribution is 0.0579. The van der Waals surface area contributed by atoms with Crippen molar-refractivity contribution in [1.82, 2.24) is 0 Å². The molecule has 1 fully saturated rings. The van der Waals surface area contributed by atoms with E-state index < -0.39 is 0 Å². The molecule has 2 rings (SSSR count). The molecule has 1 heteroatoms.